The fourth-order valence-corrected chi connectivity index (χ4v) is 2.09. The standard InChI is InChI=1S/C16H19NO/c1-4-6-15(14-10-8-13(2)9-11-14)17(3)16-7-5-12-18-16/h4-5,7-12,15H,1,6H2,2-3H3. The van der Waals surface area contributed by atoms with Crippen molar-refractivity contribution in [1.29, 1.82) is 0 Å². The minimum atomic E-state index is 0.259. The fraction of sp³-hybridized carbons (Fsp3) is 0.250. The van der Waals surface area contributed by atoms with Crippen LogP contribution in [-0.2, 0) is 0 Å². The SMILES string of the molecule is C=CCC(c1ccc(C)cc1)N(C)c1ccco1. The van der Waals surface area contributed by atoms with Gasteiger partial charge in [0.2, 0.25) is 0 Å². The molecule has 0 saturated carbocycles. The minimum Gasteiger partial charge on any atom is -0.449 e. The molecule has 0 aliphatic rings. The van der Waals surface area contributed by atoms with Crippen molar-refractivity contribution in [2.75, 3.05) is 11.9 Å². The lowest BCUT2D eigenvalue weighted by atomic mass is 10.0. The molecule has 0 saturated heterocycles. The van der Waals surface area contributed by atoms with Gasteiger partial charge in [0.05, 0.1) is 12.3 Å². The van der Waals surface area contributed by atoms with Crippen LogP contribution in [0, 0.1) is 6.92 Å². The van der Waals surface area contributed by atoms with E-state index in [4.69, 9.17) is 4.42 Å². The average molecular weight is 241 g/mol. The van der Waals surface area contributed by atoms with Gasteiger partial charge in [-0.25, -0.2) is 0 Å². The third kappa shape index (κ3) is 2.65. The number of nitrogens with zero attached hydrogens (tertiary/aromatic N) is 1. The maximum absolute atomic E-state index is 5.46. The zero-order valence-electron chi connectivity index (χ0n) is 11.0. The third-order valence-electron chi connectivity index (χ3n) is 3.17. The Balaban J connectivity index is 2.27. The summed E-state index contributed by atoms with van der Waals surface area (Å²) in [7, 11) is 2.05. The summed E-state index contributed by atoms with van der Waals surface area (Å²) < 4.78 is 5.46. The van der Waals surface area contributed by atoms with Gasteiger partial charge >= 0.3 is 0 Å². The quantitative estimate of drug-likeness (QED) is 0.724. The van der Waals surface area contributed by atoms with Crippen molar-refractivity contribution in [1.82, 2.24) is 0 Å². The number of hydrogen-bond donors (Lipinski definition) is 0. The molecule has 2 aromatic rings. The molecule has 18 heavy (non-hydrogen) atoms. The van der Waals surface area contributed by atoms with E-state index in [1.165, 1.54) is 11.1 Å². The molecule has 1 unspecified atom stereocenters. The van der Waals surface area contributed by atoms with Crippen LogP contribution in [0.1, 0.15) is 23.6 Å². The average Bonchev–Trinajstić information content (AvgIpc) is 2.90. The second kappa shape index (κ2) is 5.58. The van der Waals surface area contributed by atoms with Gasteiger partial charge in [-0.15, -0.1) is 6.58 Å². The van der Waals surface area contributed by atoms with Crippen molar-refractivity contribution >= 4 is 5.88 Å². The Morgan fingerprint density at radius 1 is 1.28 bits per heavy atom. The molecule has 2 heteroatoms. The highest BCUT2D eigenvalue weighted by Crippen LogP contribution is 2.29. The summed E-state index contributed by atoms with van der Waals surface area (Å²) in [5.41, 5.74) is 2.55. The van der Waals surface area contributed by atoms with Gasteiger partial charge in [0.15, 0.2) is 5.88 Å². The second-order valence-electron chi connectivity index (χ2n) is 4.51. The molecule has 0 spiro atoms. The molecule has 1 aromatic heterocycles. The predicted molar refractivity (Wildman–Crippen MR) is 75.8 cm³/mol. The molecular formula is C16H19NO. The van der Waals surface area contributed by atoms with E-state index >= 15 is 0 Å². The van der Waals surface area contributed by atoms with Crippen LogP contribution < -0.4 is 4.90 Å². The highest BCUT2D eigenvalue weighted by molar-refractivity contribution is 5.39. The van der Waals surface area contributed by atoms with Gasteiger partial charge in [-0.1, -0.05) is 35.9 Å². The highest BCUT2D eigenvalue weighted by atomic mass is 16.3. The van der Waals surface area contributed by atoms with Crippen LogP contribution in [-0.4, -0.2) is 7.05 Å². The number of anilines is 1. The normalized spacial score (nSPS) is 12.1. The number of aryl methyl sites for hydroxylation is 1. The van der Waals surface area contributed by atoms with Crippen LogP contribution in [0.25, 0.3) is 0 Å². The number of benzene rings is 1. The maximum Gasteiger partial charge on any atom is 0.195 e. The molecule has 1 atom stereocenters. The topological polar surface area (TPSA) is 16.4 Å². The highest BCUT2D eigenvalue weighted by Gasteiger charge is 2.17. The molecular weight excluding hydrogens is 222 g/mol. The van der Waals surface area contributed by atoms with Crippen LogP contribution in [0.3, 0.4) is 0 Å². The second-order valence-corrected chi connectivity index (χ2v) is 4.51. The summed E-state index contributed by atoms with van der Waals surface area (Å²) >= 11 is 0. The first-order chi connectivity index (χ1) is 8.72. The first-order valence-electron chi connectivity index (χ1n) is 6.16. The van der Waals surface area contributed by atoms with E-state index in [-0.39, 0.29) is 6.04 Å². The van der Waals surface area contributed by atoms with E-state index in [9.17, 15) is 0 Å². The van der Waals surface area contributed by atoms with E-state index in [0.717, 1.165) is 12.3 Å². The van der Waals surface area contributed by atoms with Crippen molar-refractivity contribution < 1.29 is 4.42 Å². The Bertz CT molecular complexity index is 484. The monoisotopic (exact) mass is 241 g/mol. The minimum absolute atomic E-state index is 0.259. The smallest absolute Gasteiger partial charge is 0.195 e. The van der Waals surface area contributed by atoms with E-state index in [0.29, 0.717) is 0 Å². The first-order valence-corrected chi connectivity index (χ1v) is 6.16. The van der Waals surface area contributed by atoms with Crippen LogP contribution >= 0.6 is 0 Å². The van der Waals surface area contributed by atoms with Crippen molar-refractivity contribution in [3.8, 4) is 0 Å². The van der Waals surface area contributed by atoms with E-state index in [1.54, 1.807) is 6.26 Å². The zero-order valence-corrected chi connectivity index (χ0v) is 11.0. The number of furan rings is 1. The largest absolute Gasteiger partial charge is 0.449 e. The van der Waals surface area contributed by atoms with Gasteiger partial charge in [-0.2, -0.15) is 0 Å². The zero-order chi connectivity index (χ0) is 13.0. The molecule has 2 nitrogen and oxygen atoms in total. The Kier molecular flexibility index (Phi) is 3.88. The van der Waals surface area contributed by atoms with Crippen LogP contribution in [0.5, 0.6) is 0 Å². The van der Waals surface area contributed by atoms with E-state index in [1.807, 2.05) is 25.3 Å². The summed E-state index contributed by atoms with van der Waals surface area (Å²) in [6.07, 6.45) is 4.54. The molecule has 0 N–H and O–H groups in total. The molecule has 0 bridgehead atoms. The Labute approximate surface area is 109 Å². The van der Waals surface area contributed by atoms with Crippen LogP contribution in [0.2, 0.25) is 0 Å². The lowest BCUT2D eigenvalue weighted by molar-refractivity contribution is 0.527. The summed E-state index contributed by atoms with van der Waals surface area (Å²) in [6, 6.07) is 12.8. The Morgan fingerprint density at radius 3 is 2.56 bits per heavy atom. The predicted octanol–water partition coefficient (Wildman–Crippen LogP) is 4.34. The molecule has 0 radical (unpaired) electrons. The summed E-state index contributed by atoms with van der Waals surface area (Å²) in [4.78, 5) is 2.15. The van der Waals surface area contributed by atoms with Gasteiger partial charge in [-0.05, 0) is 25.0 Å². The van der Waals surface area contributed by atoms with Crippen molar-refractivity contribution in [2.45, 2.75) is 19.4 Å². The third-order valence-corrected chi connectivity index (χ3v) is 3.17. The molecule has 1 aromatic carbocycles. The Morgan fingerprint density at radius 2 is 2.00 bits per heavy atom. The number of rotatable bonds is 5. The van der Waals surface area contributed by atoms with Crippen molar-refractivity contribution in [3.05, 3.63) is 66.4 Å². The summed E-state index contributed by atoms with van der Waals surface area (Å²) in [6.45, 7) is 5.95. The van der Waals surface area contributed by atoms with Gasteiger partial charge in [0.25, 0.3) is 0 Å². The van der Waals surface area contributed by atoms with Gasteiger partial charge in [-0.3, -0.25) is 0 Å². The van der Waals surface area contributed by atoms with Crippen molar-refractivity contribution in [3.63, 3.8) is 0 Å². The molecule has 0 fully saturated rings. The number of hydrogen-bond acceptors (Lipinski definition) is 2. The van der Waals surface area contributed by atoms with Gasteiger partial charge in [0, 0.05) is 13.1 Å². The lowest BCUT2D eigenvalue weighted by Crippen LogP contribution is -2.23. The first kappa shape index (κ1) is 12.5. The summed E-state index contributed by atoms with van der Waals surface area (Å²) in [5, 5.41) is 0. The molecule has 0 amide bonds. The van der Waals surface area contributed by atoms with Gasteiger partial charge < -0.3 is 9.32 Å². The van der Waals surface area contributed by atoms with E-state index < -0.39 is 0 Å². The molecule has 1 heterocycles. The summed E-state index contributed by atoms with van der Waals surface area (Å²) in [5.74, 6) is 0.877. The van der Waals surface area contributed by atoms with E-state index in [2.05, 4.69) is 42.7 Å². The van der Waals surface area contributed by atoms with Crippen LogP contribution in [0.4, 0.5) is 5.88 Å². The molecule has 0 aliphatic carbocycles. The lowest BCUT2D eigenvalue weighted by Gasteiger charge is -2.27. The molecule has 94 valence electrons. The fourth-order valence-electron chi connectivity index (χ4n) is 2.09. The maximum atomic E-state index is 5.46. The molecule has 2 rings (SSSR count). The molecule has 0 aliphatic heterocycles. The van der Waals surface area contributed by atoms with Crippen LogP contribution in [0.15, 0.2) is 59.7 Å². The Hall–Kier alpha value is -1.96. The van der Waals surface area contributed by atoms with Crippen molar-refractivity contribution in [2.24, 2.45) is 0 Å². The van der Waals surface area contributed by atoms with Gasteiger partial charge in [0.1, 0.15) is 0 Å².